The Labute approximate surface area is 207 Å². The minimum atomic E-state index is -4.63. The van der Waals surface area contributed by atoms with Crippen LogP contribution in [0.15, 0.2) is 10.6 Å². The number of aromatic nitrogens is 3. The third-order valence-electron chi connectivity index (χ3n) is 6.09. The lowest BCUT2D eigenvalue weighted by Crippen LogP contribution is -2.44. The molecule has 1 amide bonds. The van der Waals surface area contributed by atoms with Gasteiger partial charge in [0.1, 0.15) is 17.1 Å². The Bertz CT molecular complexity index is 1040. The van der Waals surface area contributed by atoms with Gasteiger partial charge in [-0.3, -0.25) is 10.1 Å². The van der Waals surface area contributed by atoms with Gasteiger partial charge in [0.05, 0.1) is 19.6 Å². The van der Waals surface area contributed by atoms with Gasteiger partial charge in [-0.2, -0.15) is 23.1 Å². The Morgan fingerprint density at radius 3 is 2.64 bits per heavy atom. The molecule has 0 aliphatic carbocycles. The van der Waals surface area contributed by atoms with Crippen molar-refractivity contribution in [1.29, 1.82) is 0 Å². The van der Waals surface area contributed by atoms with E-state index in [2.05, 4.69) is 30.5 Å². The Morgan fingerprint density at radius 1 is 1.11 bits per heavy atom. The lowest BCUT2D eigenvalue weighted by atomic mass is 10.3. The SMILES string of the molecule is Cc1nc(N2CCN(C)CC2)oc1Nc1ncc(C(F)(F)F)c(NCCCN2CCOCCC2=O)n1. The van der Waals surface area contributed by atoms with Crippen molar-refractivity contribution < 1.29 is 27.1 Å². The number of carbonyl (C=O) groups excluding carboxylic acids is 1. The van der Waals surface area contributed by atoms with Crippen LogP contribution in [-0.4, -0.2) is 96.7 Å². The van der Waals surface area contributed by atoms with Crippen molar-refractivity contribution in [3.8, 4) is 0 Å². The molecular weight excluding hydrogens is 481 g/mol. The van der Waals surface area contributed by atoms with Crippen molar-refractivity contribution in [3.05, 3.63) is 17.5 Å². The van der Waals surface area contributed by atoms with Gasteiger partial charge in [0.2, 0.25) is 17.7 Å². The molecule has 0 unspecified atom stereocenters. The molecule has 2 fully saturated rings. The second-order valence-electron chi connectivity index (χ2n) is 8.80. The van der Waals surface area contributed by atoms with E-state index in [4.69, 9.17) is 9.15 Å². The molecule has 2 aromatic rings. The number of ether oxygens (including phenoxy) is 1. The number of amides is 1. The number of rotatable bonds is 8. The van der Waals surface area contributed by atoms with Crippen LogP contribution < -0.4 is 15.5 Å². The van der Waals surface area contributed by atoms with E-state index < -0.39 is 11.7 Å². The largest absolute Gasteiger partial charge is 0.421 e. The summed E-state index contributed by atoms with van der Waals surface area (Å²) in [5.41, 5.74) is -0.423. The smallest absolute Gasteiger partial charge is 0.407 e. The number of nitrogens with one attached hydrogen (secondary N) is 2. The number of alkyl halides is 3. The quantitative estimate of drug-likeness (QED) is 0.511. The molecule has 0 spiro atoms. The van der Waals surface area contributed by atoms with Crippen LogP contribution in [0.5, 0.6) is 0 Å². The molecule has 36 heavy (non-hydrogen) atoms. The molecule has 2 saturated heterocycles. The zero-order valence-corrected chi connectivity index (χ0v) is 20.4. The van der Waals surface area contributed by atoms with E-state index in [-0.39, 0.29) is 30.1 Å². The zero-order chi connectivity index (χ0) is 25.7. The van der Waals surface area contributed by atoms with Gasteiger partial charge >= 0.3 is 6.18 Å². The highest BCUT2D eigenvalue weighted by atomic mass is 19.4. The van der Waals surface area contributed by atoms with Crippen molar-refractivity contribution >= 4 is 29.6 Å². The maximum Gasteiger partial charge on any atom is 0.421 e. The van der Waals surface area contributed by atoms with Crippen molar-refractivity contribution in [1.82, 2.24) is 24.8 Å². The van der Waals surface area contributed by atoms with Crippen LogP contribution in [0.25, 0.3) is 0 Å². The minimum absolute atomic E-state index is 0.0182. The Balaban J connectivity index is 1.41. The first-order valence-corrected chi connectivity index (χ1v) is 11.9. The van der Waals surface area contributed by atoms with Crippen LogP contribution in [0.2, 0.25) is 0 Å². The minimum Gasteiger partial charge on any atom is -0.407 e. The summed E-state index contributed by atoms with van der Waals surface area (Å²) < 4.78 is 51.8. The molecule has 198 valence electrons. The summed E-state index contributed by atoms with van der Waals surface area (Å²) in [5.74, 6) is -0.136. The highest BCUT2D eigenvalue weighted by molar-refractivity contribution is 5.76. The summed E-state index contributed by atoms with van der Waals surface area (Å²) in [6, 6.07) is 0.446. The first-order chi connectivity index (χ1) is 17.2. The van der Waals surface area contributed by atoms with E-state index in [1.165, 1.54) is 0 Å². The molecule has 0 saturated carbocycles. The number of hydrogen-bond donors (Lipinski definition) is 2. The molecule has 2 aliphatic heterocycles. The Morgan fingerprint density at radius 2 is 1.89 bits per heavy atom. The van der Waals surface area contributed by atoms with Crippen molar-refractivity contribution in [2.24, 2.45) is 0 Å². The van der Waals surface area contributed by atoms with Crippen molar-refractivity contribution in [3.63, 3.8) is 0 Å². The van der Waals surface area contributed by atoms with Crippen molar-refractivity contribution in [2.45, 2.75) is 25.9 Å². The summed E-state index contributed by atoms with van der Waals surface area (Å²) in [7, 11) is 2.04. The van der Waals surface area contributed by atoms with Gasteiger partial charge in [-0.25, -0.2) is 4.98 Å². The van der Waals surface area contributed by atoms with Gasteiger partial charge in [0, 0.05) is 52.0 Å². The summed E-state index contributed by atoms with van der Waals surface area (Å²) in [6.45, 7) is 6.94. The molecule has 0 aromatic carbocycles. The van der Waals surface area contributed by atoms with E-state index >= 15 is 0 Å². The van der Waals surface area contributed by atoms with Gasteiger partial charge in [-0.05, 0) is 20.4 Å². The van der Waals surface area contributed by atoms with Crippen LogP contribution in [0.3, 0.4) is 0 Å². The predicted octanol–water partition coefficient (Wildman–Crippen LogP) is 2.34. The number of aryl methyl sites for hydroxylation is 1. The number of oxazole rings is 1. The highest BCUT2D eigenvalue weighted by Crippen LogP contribution is 2.34. The monoisotopic (exact) mass is 512 g/mol. The maximum absolute atomic E-state index is 13.6. The molecule has 2 N–H and O–H groups in total. The van der Waals surface area contributed by atoms with Gasteiger partial charge in [-0.1, -0.05) is 0 Å². The number of piperazine rings is 1. The third-order valence-corrected chi connectivity index (χ3v) is 6.09. The summed E-state index contributed by atoms with van der Waals surface area (Å²) >= 11 is 0. The van der Waals surface area contributed by atoms with Crippen molar-refractivity contribution in [2.75, 3.05) is 81.6 Å². The van der Waals surface area contributed by atoms with E-state index in [1.54, 1.807) is 11.8 Å². The number of likely N-dealkylation sites (N-methyl/N-ethyl adjacent to an activating group) is 1. The average molecular weight is 513 g/mol. The zero-order valence-electron chi connectivity index (χ0n) is 20.4. The topological polar surface area (TPSA) is 112 Å². The van der Waals surface area contributed by atoms with Gasteiger partial charge < -0.3 is 29.2 Å². The first-order valence-electron chi connectivity index (χ1n) is 11.9. The Kier molecular flexibility index (Phi) is 8.14. The number of carbonyl (C=O) groups is 1. The van der Waals surface area contributed by atoms with Gasteiger partial charge in [0.25, 0.3) is 6.01 Å². The van der Waals surface area contributed by atoms with Crippen LogP contribution in [0.4, 0.5) is 36.8 Å². The summed E-state index contributed by atoms with van der Waals surface area (Å²) in [5, 5.41) is 5.60. The molecule has 2 aromatic heterocycles. The fourth-order valence-corrected chi connectivity index (χ4v) is 3.95. The lowest BCUT2D eigenvalue weighted by Gasteiger charge is -2.31. The number of hydrogen-bond acceptors (Lipinski definition) is 10. The second-order valence-corrected chi connectivity index (χ2v) is 8.80. The molecule has 2 aliphatic rings. The third kappa shape index (κ3) is 6.55. The average Bonchev–Trinajstić information content (AvgIpc) is 3.06. The molecule has 14 heteroatoms. The number of anilines is 4. The second kappa shape index (κ2) is 11.3. The van der Waals surface area contributed by atoms with Gasteiger partial charge in [-0.15, -0.1) is 0 Å². The fourth-order valence-electron chi connectivity index (χ4n) is 3.95. The molecule has 0 atom stereocenters. The molecule has 0 radical (unpaired) electrons. The highest BCUT2D eigenvalue weighted by Gasteiger charge is 2.35. The standard InChI is InChI=1S/C22H31F3N8O3/c1-15-19(36-21(28-15)33-9-7-31(2)8-10-33)30-20-27-14-16(22(23,24)25)18(29-20)26-5-3-6-32-11-13-35-12-4-17(32)34/h14H,3-13H2,1-2H3,(H2,26,27,29,30). The normalized spacial score (nSPS) is 17.9. The molecule has 11 nitrogen and oxygen atoms in total. The number of nitrogens with zero attached hydrogens (tertiary/aromatic N) is 6. The van der Waals surface area contributed by atoms with E-state index in [0.29, 0.717) is 50.9 Å². The number of halogens is 3. The predicted molar refractivity (Wildman–Crippen MR) is 126 cm³/mol. The lowest BCUT2D eigenvalue weighted by molar-refractivity contribution is -0.137. The van der Waals surface area contributed by atoms with Crippen LogP contribution in [0, 0.1) is 6.92 Å². The molecule has 0 bridgehead atoms. The van der Waals surface area contributed by atoms with E-state index in [0.717, 1.165) is 32.4 Å². The van der Waals surface area contributed by atoms with Crippen LogP contribution >= 0.6 is 0 Å². The van der Waals surface area contributed by atoms with Crippen LogP contribution in [0.1, 0.15) is 24.1 Å². The summed E-state index contributed by atoms with van der Waals surface area (Å²) in [4.78, 5) is 30.3. The fraction of sp³-hybridized carbons (Fsp3) is 0.636. The molecular formula is C22H31F3N8O3. The van der Waals surface area contributed by atoms with Gasteiger partial charge in [0.15, 0.2) is 0 Å². The van der Waals surface area contributed by atoms with E-state index in [9.17, 15) is 18.0 Å². The molecule has 4 rings (SSSR count). The molecule has 4 heterocycles. The van der Waals surface area contributed by atoms with Crippen LogP contribution in [-0.2, 0) is 15.7 Å². The van der Waals surface area contributed by atoms with E-state index in [1.807, 2.05) is 11.9 Å². The Hall–Kier alpha value is -3.13. The summed E-state index contributed by atoms with van der Waals surface area (Å²) in [6.07, 6.45) is -3.13. The first kappa shape index (κ1) is 25.9. The maximum atomic E-state index is 13.6.